The number of nitrogens with one attached hydrogen (secondary N) is 3. The number of ether oxygens (including phenoxy) is 1. The molecular formula is C46H62N4O7. The van der Waals surface area contributed by atoms with Crippen LogP contribution in [0, 0.1) is 35.5 Å². The van der Waals surface area contributed by atoms with Crippen LogP contribution in [0.25, 0.3) is 0 Å². The molecule has 3 aromatic carbocycles. The number of carbonyl (C=O) groups is 3. The number of rotatable bonds is 21. The Morgan fingerprint density at radius 1 is 0.649 bits per heavy atom. The monoisotopic (exact) mass is 782 g/mol. The highest BCUT2D eigenvalue weighted by Gasteiger charge is 2.34. The molecule has 0 aliphatic carbocycles. The number of carboxylic acid groups (broad SMARTS) is 3. The first-order chi connectivity index (χ1) is 27.4. The van der Waals surface area contributed by atoms with E-state index in [1.54, 1.807) is 0 Å². The van der Waals surface area contributed by atoms with Gasteiger partial charge in [0.2, 0.25) is 0 Å². The van der Waals surface area contributed by atoms with Gasteiger partial charge in [0.05, 0.1) is 17.8 Å². The lowest BCUT2D eigenvalue weighted by Gasteiger charge is -2.39. The Labute approximate surface area is 337 Å². The zero-order valence-corrected chi connectivity index (χ0v) is 33.6. The van der Waals surface area contributed by atoms with Crippen molar-refractivity contribution in [2.45, 2.75) is 70.9 Å². The second-order valence-corrected chi connectivity index (χ2v) is 17.3. The van der Waals surface area contributed by atoms with E-state index in [4.69, 9.17) is 4.74 Å². The average Bonchev–Trinajstić information content (AvgIpc) is 4.00. The molecule has 57 heavy (non-hydrogen) atoms. The maximum Gasteiger partial charge on any atom is 0.307 e. The Balaban J connectivity index is 1.18. The van der Waals surface area contributed by atoms with Crippen LogP contribution in [0.15, 0.2) is 72.8 Å². The van der Waals surface area contributed by atoms with Gasteiger partial charge in [0.15, 0.2) is 0 Å². The summed E-state index contributed by atoms with van der Waals surface area (Å²) in [4.78, 5) is 39.2. The molecule has 6 N–H and O–H groups in total. The van der Waals surface area contributed by atoms with E-state index in [1.165, 1.54) is 0 Å². The third-order valence-corrected chi connectivity index (χ3v) is 12.7. The number of hydrogen-bond acceptors (Lipinski definition) is 8. The molecule has 0 aromatic heterocycles. The predicted octanol–water partition coefficient (Wildman–Crippen LogP) is 5.15. The van der Waals surface area contributed by atoms with Crippen molar-refractivity contribution in [2.24, 2.45) is 35.5 Å². The molecule has 0 bridgehead atoms. The lowest BCUT2D eigenvalue weighted by Crippen LogP contribution is -2.47. The summed E-state index contributed by atoms with van der Waals surface area (Å²) in [6.07, 6.45) is 4.78. The molecule has 6 atom stereocenters. The van der Waals surface area contributed by atoms with Crippen LogP contribution in [0.4, 0.5) is 0 Å². The van der Waals surface area contributed by atoms with Crippen molar-refractivity contribution in [1.29, 1.82) is 0 Å². The molecule has 3 fully saturated rings. The predicted molar refractivity (Wildman–Crippen MR) is 220 cm³/mol. The van der Waals surface area contributed by atoms with Crippen molar-refractivity contribution < 1.29 is 34.4 Å². The van der Waals surface area contributed by atoms with Gasteiger partial charge in [0.1, 0.15) is 12.4 Å². The van der Waals surface area contributed by atoms with Gasteiger partial charge in [0, 0.05) is 18.6 Å². The van der Waals surface area contributed by atoms with Gasteiger partial charge in [-0.1, -0.05) is 60.7 Å². The average molecular weight is 783 g/mol. The Hall–Kier alpha value is -4.29. The van der Waals surface area contributed by atoms with E-state index in [1.807, 2.05) is 48.5 Å². The van der Waals surface area contributed by atoms with Gasteiger partial charge in [-0.05, 0) is 156 Å². The van der Waals surface area contributed by atoms with E-state index in [-0.39, 0.29) is 23.3 Å². The molecule has 3 aromatic rings. The van der Waals surface area contributed by atoms with Gasteiger partial charge in [-0.25, -0.2) is 0 Å². The molecule has 6 unspecified atom stereocenters. The Morgan fingerprint density at radius 3 is 1.53 bits per heavy atom. The number of aliphatic carboxylic acids is 3. The first-order valence-corrected chi connectivity index (χ1v) is 20.9. The van der Waals surface area contributed by atoms with Crippen LogP contribution < -0.4 is 20.7 Å². The zero-order valence-electron chi connectivity index (χ0n) is 33.6. The first-order valence-electron chi connectivity index (χ1n) is 20.9. The fraction of sp³-hybridized carbons (Fsp3) is 0.543. The van der Waals surface area contributed by atoms with Gasteiger partial charge in [-0.3, -0.25) is 19.3 Å². The van der Waals surface area contributed by atoms with Crippen molar-refractivity contribution in [3.05, 3.63) is 101 Å². The van der Waals surface area contributed by atoms with E-state index in [9.17, 15) is 29.7 Å². The highest BCUT2D eigenvalue weighted by atomic mass is 16.5. The van der Waals surface area contributed by atoms with E-state index < -0.39 is 35.7 Å². The van der Waals surface area contributed by atoms with Crippen molar-refractivity contribution in [3.8, 4) is 5.75 Å². The van der Waals surface area contributed by atoms with Crippen LogP contribution in [0.1, 0.15) is 60.9 Å². The van der Waals surface area contributed by atoms with E-state index in [2.05, 4.69) is 59.0 Å². The summed E-state index contributed by atoms with van der Waals surface area (Å²) in [5.74, 6) is -2.50. The second-order valence-electron chi connectivity index (χ2n) is 17.3. The summed E-state index contributed by atoms with van der Waals surface area (Å²) in [7, 11) is 0. The molecule has 3 heterocycles. The molecule has 308 valence electrons. The lowest BCUT2D eigenvalue weighted by molar-refractivity contribution is -0.144. The molecule has 0 radical (unpaired) electrons. The Morgan fingerprint density at radius 2 is 1.07 bits per heavy atom. The maximum atomic E-state index is 12.3. The summed E-state index contributed by atoms with van der Waals surface area (Å²) in [6.45, 7) is 10.9. The Bertz CT molecular complexity index is 1800. The number of benzene rings is 3. The Kier molecular flexibility index (Phi) is 14.8. The van der Waals surface area contributed by atoms with Crippen LogP contribution in [-0.2, 0) is 46.6 Å². The molecule has 0 spiro atoms. The fourth-order valence-electron chi connectivity index (χ4n) is 9.37. The van der Waals surface area contributed by atoms with E-state index in [0.29, 0.717) is 44.7 Å². The summed E-state index contributed by atoms with van der Waals surface area (Å²) in [6, 6.07) is 24.5. The normalized spacial score (nSPS) is 21.4. The van der Waals surface area contributed by atoms with Crippen molar-refractivity contribution in [1.82, 2.24) is 20.9 Å². The van der Waals surface area contributed by atoms with Gasteiger partial charge in [0.25, 0.3) is 0 Å². The lowest BCUT2D eigenvalue weighted by atomic mass is 9.85. The quantitative estimate of drug-likeness (QED) is 0.0849. The molecular weight excluding hydrogens is 721 g/mol. The fourth-order valence-corrected chi connectivity index (χ4v) is 9.37. The topological polar surface area (TPSA) is 160 Å². The summed E-state index contributed by atoms with van der Waals surface area (Å²) < 4.78 is 6.39. The highest BCUT2D eigenvalue weighted by Crippen LogP contribution is 2.30. The first kappa shape index (κ1) is 42.3. The summed E-state index contributed by atoms with van der Waals surface area (Å²) in [5, 5.41) is 40.2. The molecule has 0 saturated carbocycles. The minimum atomic E-state index is -0.760. The van der Waals surface area contributed by atoms with Crippen molar-refractivity contribution in [2.75, 3.05) is 52.4 Å². The van der Waals surface area contributed by atoms with Crippen LogP contribution in [0.2, 0.25) is 0 Å². The van der Waals surface area contributed by atoms with E-state index in [0.717, 1.165) is 92.8 Å². The van der Waals surface area contributed by atoms with Gasteiger partial charge in [-0.2, -0.15) is 0 Å². The third kappa shape index (κ3) is 11.9. The molecule has 3 aliphatic rings. The largest absolute Gasteiger partial charge is 0.492 e. The number of carboxylic acids is 3. The molecule has 11 heteroatoms. The zero-order chi connectivity index (χ0) is 40.4. The summed E-state index contributed by atoms with van der Waals surface area (Å²) in [5.41, 5.74) is 4.89. The van der Waals surface area contributed by atoms with Crippen molar-refractivity contribution >= 4 is 17.9 Å². The minimum Gasteiger partial charge on any atom is -0.492 e. The van der Waals surface area contributed by atoms with Gasteiger partial charge >= 0.3 is 17.9 Å². The third-order valence-electron chi connectivity index (χ3n) is 12.7. The van der Waals surface area contributed by atoms with Crippen molar-refractivity contribution in [3.63, 3.8) is 0 Å². The van der Waals surface area contributed by atoms with Crippen LogP contribution >= 0.6 is 0 Å². The van der Waals surface area contributed by atoms with E-state index >= 15 is 0 Å². The number of hydrogen-bond donors (Lipinski definition) is 6. The number of nitrogens with zero attached hydrogens (tertiary/aromatic N) is 1. The second kappa shape index (κ2) is 19.9. The highest BCUT2D eigenvalue weighted by molar-refractivity contribution is 5.72. The van der Waals surface area contributed by atoms with Gasteiger partial charge in [-0.15, -0.1) is 0 Å². The molecule has 3 aliphatic heterocycles. The molecule has 0 amide bonds. The van der Waals surface area contributed by atoms with Crippen LogP contribution in [0.3, 0.4) is 0 Å². The smallest absolute Gasteiger partial charge is 0.307 e. The maximum absolute atomic E-state index is 12.3. The van der Waals surface area contributed by atoms with Gasteiger partial charge < -0.3 is 36.0 Å². The SMILES string of the molecule is CC(C)(Cc1cccc(CC(C(=O)O)C2CCNC2)c1)N(CCOc1cccc(CC(C(=O)O)C2CCNC2)c1)Cc1cccc(CC(C(=O)O)C2CCNC2)c1. The standard InChI is InChI=1S/C46H62N4O7/c1-46(2,26-34-9-3-6-31(20-34)23-40(43(51)52)36-12-15-47-27-36)50(30-35-10-4-7-32(21-35)24-41(44(53)54)37-13-16-48-28-37)18-19-57-39-11-5-8-33(22-39)25-42(45(55)56)38-14-17-49-29-38/h3-11,20-22,36-38,40-42,47-49H,12-19,23-30H2,1-2H3,(H,51,52)(H,53,54)(H,55,56). The molecule has 6 rings (SSSR count). The minimum absolute atomic E-state index is 0.111. The molecule has 11 nitrogen and oxygen atoms in total. The van der Waals surface area contributed by atoms with Crippen LogP contribution in [0.5, 0.6) is 5.75 Å². The molecule has 3 saturated heterocycles. The summed E-state index contributed by atoms with van der Waals surface area (Å²) >= 11 is 0. The van der Waals surface area contributed by atoms with Crippen LogP contribution in [-0.4, -0.2) is 96.1 Å².